The number of para-hydroxylation sites is 1. The predicted octanol–water partition coefficient (Wildman–Crippen LogP) is 3.86. The Hall–Kier alpha value is -2.49. The lowest BCUT2D eigenvalue weighted by Gasteiger charge is -2.02. The van der Waals surface area contributed by atoms with Crippen molar-refractivity contribution in [2.24, 2.45) is 5.73 Å². The number of rotatable bonds is 3. The third kappa shape index (κ3) is 15.5. The van der Waals surface area contributed by atoms with Gasteiger partial charge in [-0.1, -0.05) is 57.9 Å². The average molecular weight is 286 g/mol. The van der Waals surface area contributed by atoms with Crippen molar-refractivity contribution in [1.82, 2.24) is 0 Å². The summed E-state index contributed by atoms with van der Waals surface area (Å²) in [6.45, 7) is 8.00. The Morgan fingerprint density at radius 2 is 1.67 bits per heavy atom. The van der Waals surface area contributed by atoms with Gasteiger partial charge in [-0.3, -0.25) is 5.41 Å². The molecule has 0 saturated carbocycles. The molecule has 0 saturated heterocycles. The topological polar surface area (TPSA) is 59.1 Å². The number of terminal acetylenes is 2. The van der Waals surface area contributed by atoms with Crippen molar-refractivity contribution in [3.8, 4) is 30.9 Å². The van der Waals surface area contributed by atoms with Gasteiger partial charge in [0.15, 0.2) is 0 Å². The first-order valence-corrected chi connectivity index (χ1v) is 6.77. The highest BCUT2D eigenvalue weighted by Gasteiger charge is 1.95. The molecule has 0 fully saturated rings. The van der Waals surface area contributed by atoms with Crippen molar-refractivity contribution >= 4 is 5.90 Å². The minimum absolute atomic E-state index is 0.00639. The molecule has 114 valence electrons. The van der Waals surface area contributed by atoms with Gasteiger partial charge in [0.25, 0.3) is 0 Å². The van der Waals surface area contributed by atoms with Crippen LogP contribution in [0.3, 0.4) is 0 Å². The van der Waals surface area contributed by atoms with Gasteiger partial charge < -0.3 is 10.5 Å². The molecule has 1 aromatic rings. The summed E-state index contributed by atoms with van der Waals surface area (Å²) in [5.41, 5.74) is 5.44. The van der Waals surface area contributed by atoms with E-state index in [-0.39, 0.29) is 5.90 Å². The number of hydrogen-bond acceptors (Lipinski definition) is 3. The Balaban J connectivity index is -0.000000478. The standard InChI is InChI=1S/C12H12N2O.2C2H6.C2H2/c1-2-10(13)8-9-12(14)15-11-6-4-3-5-7-11;3*1-2/h1,3-10,14H,13H2;2*1-2H3;1-2H/b9-8-,14-12?;;;. The zero-order valence-corrected chi connectivity index (χ0v) is 13.3. The Kier molecular flexibility index (Phi) is 22.3. The molecule has 1 atom stereocenters. The van der Waals surface area contributed by atoms with Crippen LogP contribution in [0.2, 0.25) is 0 Å². The summed E-state index contributed by atoms with van der Waals surface area (Å²) in [5.74, 6) is 2.94. The molecule has 0 spiro atoms. The monoisotopic (exact) mass is 286 g/mol. The van der Waals surface area contributed by atoms with Crippen molar-refractivity contribution in [3.05, 3.63) is 42.5 Å². The second-order valence-electron chi connectivity index (χ2n) is 2.83. The van der Waals surface area contributed by atoms with Crippen LogP contribution < -0.4 is 10.5 Å². The molecular formula is C18H26N2O. The maximum absolute atomic E-state index is 7.46. The zero-order valence-electron chi connectivity index (χ0n) is 13.3. The van der Waals surface area contributed by atoms with Crippen LogP contribution in [-0.4, -0.2) is 11.9 Å². The van der Waals surface area contributed by atoms with E-state index in [1.807, 2.05) is 45.9 Å². The molecule has 1 aromatic carbocycles. The lowest BCUT2D eigenvalue weighted by molar-refractivity contribution is 0.550. The third-order valence-corrected chi connectivity index (χ3v) is 1.62. The van der Waals surface area contributed by atoms with Crippen LogP contribution >= 0.6 is 0 Å². The molecule has 0 radical (unpaired) electrons. The van der Waals surface area contributed by atoms with Crippen molar-refractivity contribution in [1.29, 1.82) is 5.41 Å². The molecule has 0 aliphatic rings. The first-order valence-electron chi connectivity index (χ1n) is 6.77. The molecule has 1 rings (SSSR count). The average Bonchev–Trinajstić information content (AvgIpc) is 2.59. The minimum atomic E-state index is -0.482. The van der Waals surface area contributed by atoms with Crippen LogP contribution in [0.4, 0.5) is 0 Å². The summed E-state index contributed by atoms with van der Waals surface area (Å²) in [4.78, 5) is 0. The number of nitrogens with two attached hydrogens (primary N) is 1. The molecule has 21 heavy (non-hydrogen) atoms. The Morgan fingerprint density at radius 3 is 2.10 bits per heavy atom. The molecule has 3 nitrogen and oxygen atoms in total. The number of hydrogen-bond donors (Lipinski definition) is 2. The highest BCUT2D eigenvalue weighted by molar-refractivity contribution is 5.86. The molecule has 0 aliphatic heterocycles. The maximum atomic E-state index is 7.46. The van der Waals surface area contributed by atoms with E-state index in [2.05, 4.69) is 18.8 Å². The second-order valence-corrected chi connectivity index (χ2v) is 2.83. The van der Waals surface area contributed by atoms with Crippen molar-refractivity contribution in [2.45, 2.75) is 33.7 Å². The summed E-state index contributed by atoms with van der Waals surface area (Å²) in [6.07, 6.45) is 16.0. The quantitative estimate of drug-likeness (QED) is 0.503. The van der Waals surface area contributed by atoms with E-state index < -0.39 is 6.04 Å². The first-order chi connectivity index (χ1) is 10.2. The second kappa shape index (κ2) is 19.8. The van der Waals surface area contributed by atoms with Gasteiger partial charge in [0.2, 0.25) is 5.90 Å². The van der Waals surface area contributed by atoms with Crippen molar-refractivity contribution < 1.29 is 4.74 Å². The van der Waals surface area contributed by atoms with Gasteiger partial charge in [-0.2, -0.15) is 0 Å². The van der Waals surface area contributed by atoms with Crippen molar-refractivity contribution in [3.63, 3.8) is 0 Å². The zero-order chi connectivity index (χ0) is 17.1. The molecule has 3 heteroatoms. The van der Waals surface area contributed by atoms with Crippen molar-refractivity contribution in [2.75, 3.05) is 0 Å². The van der Waals surface area contributed by atoms with E-state index in [0.29, 0.717) is 5.75 Å². The van der Waals surface area contributed by atoms with E-state index in [4.69, 9.17) is 22.3 Å². The summed E-state index contributed by atoms with van der Waals surface area (Å²) in [7, 11) is 0. The van der Waals surface area contributed by atoms with E-state index in [1.165, 1.54) is 12.2 Å². The van der Waals surface area contributed by atoms with E-state index in [0.717, 1.165) is 0 Å². The summed E-state index contributed by atoms with van der Waals surface area (Å²) in [6, 6.07) is 8.59. The normalized spacial score (nSPS) is 9.24. The Morgan fingerprint density at radius 1 is 1.19 bits per heavy atom. The first kappa shape index (κ1) is 23.6. The van der Waals surface area contributed by atoms with Gasteiger partial charge in [-0.25, -0.2) is 0 Å². The van der Waals surface area contributed by atoms with Crippen LogP contribution in [-0.2, 0) is 0 Å². The molecule has 3 N–H and O–H groups in total. The Labute approximate surface area is 129 Å². The van der Waals surface area contributed by atoms with Gasteiger partial charge in [-0.05, 0) is 18.2 Å². The highest BCUT2D eigenvalue weighted by atomic mass is 16.5. The molecule has 0 amide bonds. The third-order valence-electron chi connectivity index (χ3n) is 1.62. The molecular weight excluding hydrogens is 260 g/mol. The summed E-state index contributed by atoms with van der Waals surface area (Å²) >= 11 is 0. The fourth-order valence-corrected chi connectivity index (χ4v) is 0.896. The van der Waals surface area contributed by atoms with Gasteiger partial charge >= 0.3 is 0 Å². The smallest absolute Gasteiger partial charge is 0.211 e. The van der Waals surface area contributed by atoms with Crippen LogP contribution in [0, 0.1) is 30.6 Å². The lowest BCUT2D eigenvalue weighted by Crippen LogP contribution is -2.14. The number of ether oxygens (including phenoxy) is 1. The number of nitrogens with one attached hydrogen (secondary N) is 1. The van der Waals surface area contributed by atoms with Crippen LogP contribution in [0.1, 0.15) is 27.7 Å². The summed E-state index contributed by atoms with van der Waals surface area (Å²) < 4.78 is 5.18. The molecule has 0 heterocycles. The van der Waals surface area contributed by atoms with Gasteiger partial charge in [0, 0.05) is 0 Å². The highest BCUT2D eigenvalue weighted by Crippen LogP contribution is 2.08. The fraction of sp³-hybridized carbons (Fsp3) is 0.278. The van der Waals surface area contributed by atoms with E-state index >= 15 is 0 Å². The molecule has 1 unspecified atom stereocenters. The van der Waals surface area contributed by atoms with E-state index in [9.17, 15) is 0 Å². The number of benzene rings is 1. The lowest BCUT2D eigenvalue weighted by atomic mass is 10.3. The van der Waals surface area contributed by atoms with Gasteiger partial charge in [-0.15, -0.1) is 19.3 Å². The summed E-state index contributed by atoms with van der Waals surface area (Å²) in [5, 5.41) is 7.46. The fourth-order valence-electron chi connectivity index (χ4n) is 0.896. The SMILES string of the molecule is C#C.C#CC(N)/C=C\C(=N)Oc1ccccc1.CC.CC. The maximum Gasteiger partial charge on any atom is 0.211 e. The van der Waals surface area contributed by atoms with E-state index in [1.54, 1.807) is 12.1 Å². The predicted molar refractivity (Wildman–Crippen MR) is 93.3 cm³/mol. The largest absolute Gasteiger partial charge is 0.440 e. The molecule has 0 aromatic heterocycles. The van der Waals surface area contributed by atoms with Gasteiger partial charge in [0.05, 0.1) is 6.04 Å². The van der Waals surface area contributed by atoms with Crippen LogP contribution in [0.15, 0.2) is 42.5 Å². The van der Waals surface area contributed by atoms with Crippen LogP contribution in [0.25, 0.3) is 0 Å². The molecule has 0 bridgehead atoms. The van der Waals surface area contributed by atoms with Gasteiger partial charge in [0.1, 0.15) is 5.75 Å². The Bertz CT molecular complexity index is 428. The minimum Gasteiger partial charge on any atom is -0.440 e. The molecule has 0 aliphatic carbocycles. The van der Waals surface area contributed by atoms with Crippen LogP contribution in [0.5, 0.6) is 5.75 Å².